The number of hydrogen-bond acceptors (Lipinski definition) is 7. The molecule has 0 bridgehead atoms. The number of alkyl halides is 3. The molecule has 1 aliphatic carbocycles. The summed E-state index contributed by atoms with van der Waals surface area (Å²) in [5.41, 5.74) is 2.63. The SMILES string of the molecule is CCO.CNC(=O)c1c(-c2ccc(F)cc2)oc2c1CC(c1cccc(C(=O)NC(c3cccnc3)C(F)(F)F)c1)C(NSC)=C2. The first-order valence-corrected chi connectivity index (χ1v) is 15.4. The minimum Gasteiger partial charge on any atom is -0.455 e. The number of pyridine rings is 1. The number of benzene rings is 2. The molecule has 4 N–H and O–H groups in total. The number of aromatic nitrogens is 1. The lowest BCUT2D eigenvalue weighted by Gasteiger charge is -2.26. The van der Waals surface area contributed by atoms with E-state index in [1.807, 2.05) is 6.26 Å². The summed E-state index contributed by atoms with van der Waals surface area (Å²) in [7, 11) is 1.49. The molecule has 2 aromatic carbocycles. The van der Waals surface area contributed by atoms with Crippen LogP contribution in [-0.4, -0.2) is 48.0 Å². The van der Waals surface area contributed by atoms with E-state index in [9.17, 15) is 27.2 Å². The van der Waals surface area contributed by atoms with Crippen LogP contribution in [0.3, 0.4) is 0 Å². The molecule has 5 rings (SSSR count). The van der Waals surface area contributed by atoms with Crippen molar-refractivity contribution in [3.8, 4) is 11.3 Å². The number of nitrogens with one attached hydrogen (secondary N) is 3. The predicted molar refractivity (Wildman–Crippen MR) is 168 cm³/mol. The number of aliphatic hydroxyl groups excluding tert-OH is 1. The molecule has 0 saturated carbocycles. The fourth-order valence-electron chi connectivity index (χ4n) is 5.06. The topological polar surface area (TPSA) is 116 Å². The van der Waals surface area contributed by atoms with E-state index in [0.717, 1.165) is 6.20 Å². The molecule has 2 aromatic heterocycles. The van der Waals surface area contributed by atoms with Crippen molar-refractivity contribution in [2.24, 2.45) is 0 Å². The Kier molecular flexibility index (Phi) is 11.3. The molecule has 8 nitrogen and oxygen atoms in total. The van der Waals surface area contributed by atoms with Gasteiger partial charge in [-0.1, -0.05) is 30.1 Å². The Hall–Kier alpha value is -4.62. The Morgan fingerprint density at radius 3 is 2.43 bits per heavy atom. The van der Waals surface area contributed by atoms with Gasteiger partial charge in [0, 0.05) is 72.2 Å². The Labute approximate surface area is 267 Å². The lowest BCUT2D eigenvalue weighted by Crippen LogP contribution is -2.38. The second kappa shape index (κ2) is 15.1. The molecule has 0 radical (unpaired) electrons. The predicted octanol–water partition coefficient (Wildman–Crippen LogP) is 6.42. The summed E-state index contributed by atoms with van der Waals surface area (Å²) in [6.45, 7) is 1.93. The normalized spacial score (nSPS) is 14.6. The van der Waals surface area contributed by atoms with E-state index in [0.29, 0.717) is 33.7 Å². The molecule has 2 atom stereocenters. The monoisotopic (exact) mass is 656 g/mol. The van der Waals surface area contributed by atoms with Gasteiger partial charge in [0.15, 0.2) is 6.04 Å². The lowest BCUT2D eigenvalue weighted by molar-refractivity contribution is -0.155. The van der Waals surface area contributed by atoms with E-state index in [1.54, 1.807) is 25.1 Å². The summed E-state index contributed by atoms with van der Waals surface area (Å²) >= 11 is 1.33. The highest BCUT2D eigenvalue weighted by Gasteiger charge is 2.42. The molecule has 1 aliphatic rings. The highest BCUT2D eigenvalue weighted by Crippen LogP contribution is 2.42. The second-order valence-corrected chi connectivity index (χ2v) is 10.7. The van der Waals surface area contributed by atoms with Crippen molar-refractivity contribution in [1.29, 1.82) is 0 Å². The molecule has 2 amide bonds. The Morgan fingerprint density at radius 2 is 1.83 bits per heavy atom. The van der Waals surface area contributed by atoms with Crippen LogP contribution in [0.4, 0.5) is 17.6 Å². The van der Waals surface area contributed by atoms with Crippen molar-refractivity contribution < 1.29 is 36.7 Å². The van der Waals surface area contributed by atoms with Crippen LogP contribution in [0.1, 0.15) is 62.1 Å². The van der Waals surface area contributed by atoms with Gasteiger partial charge in [-0.2, -0.15) is 13.2 Å². The van der Waals surface area contributed by atoms with Crippen LogP contribution in [-0.2, 0) is 6.42 Å². The first-order valence-electron chi connectivity index (χ1n) is 14.1. The third-order valence-corrected chi connectivity index (χ3v) is 7.50. The van der Waals surface area contributed by atoms with Crippen molar-refractivity contribution in [2.75, 3.05) is 19.9 Å². The summed E-state index contributed by atoms with van der Waals surface area (Å²) in [6, 6.07) is 12.3. The molecule has 13 heteroatoms. The van der Waals surface area contributed by atoms with Gasteiger partial charge in [0.25, 0.3) is 11.8 Å². The number of aliphatic hydroxyl groups is 1. The van der Waals surface area contributed by atoms with Gasteiger partial charge in [-0.3, -0.25) is 14.6 Å². The van der Waals surface area contributed by atoms with E-state index < -0.39 is 29.9 Å². The molecule has 0 saturated heterocycles. The van der Waals surface area contributed by atoms with Crippen molar-refractivity contribution in [3.63, 3.8) is 0 Å². The molecular weight excluding hydrogens is 624 g/mol. The van der Waals surface area contributed by atoms with Crippen LogP contribution >= 0.6 is 11.9 Å². The molecule has 0 aliphatic heterocycles. The van der Waals surface area contributed by atoms with E-state index in [4.69, 9.17) is 9.52 Å². The van der Waals surface area contributed by atoms with Crippen LogP contribution < -0.4 is 15.4 Å². The third kappa shape index (κ3) is 7.77. The number of rotatable bonds is 8. The van der Waals surface area contributed by atoms with Gasteiger partial charge in [-0.15, -0.1) is 0 Å². The number of furan rings is 1. The maximum Gasteiger partial charge on any atom is 0.412 e. The first-order chi connectivity index (χ1) is 22.0. The number of allylic oxidation sites excluding steroid dienone is 1. The lowest BCUT2D eigenvalue weighted by atomic mass is 9.83. The third-order valence-electron chi connectivity index (χ3n) is 7.06. The summed E-state index contributed by atoms with van der Waals surface area (Å²) in [6.07, 6.45) is 1.55. The van der Waals surface area contributed by atoms with Gasteiger partial charge >= 0.3 is 6.18 Å². The van der Waals surface area contributed by atoms with Crippen LogP contribution in [0.15, 0.2) is 83.2 Å². The first kappa shape index (κ1) is 34.3. The quantitative estimate of drug-likeness (QED) is 0.128. The zero-order valence-corrected chi connectivity index (χ0v) is 25.9. The van der Waals surface area contributed by atoms with E-state index in [2.05, 4.69) is 20.3 Å². The number of nitrogens with zero attached hydrogens (tertiary/aromatic N) is 1. The molecule has 46 heavy (non-hydrogen) atoms. The van der Waals surface area contributed by atoms with Gasteiger partial charge < -0.3 is 24.9 Å². The zero-order chi connectivity index (χ0) is 33.4. The summed E-state index contributed by atoms with van der Waals surface area (Å²) < 4.78 is 64.6. The smallest absolute Gasteiger partial charge is 0.412 e. The van der Waals surface area contributed by atoms with Crippen LogP contribution in [0.5, 0.6) is 0 Å². The Balaban J connectivity index is 0.00000154. The Bertz CT molecular complexity index is 1690. The molecule has 0 fully saturated rings. The number of amides is 2. The number of carbonyl (C=O) groups excluding carboxylic acids is 2. The highest BCUT2D eigenvalue weighted by atomic mass is 32.2. The number of halogens is 4. The van der Waals surface area contributed by atoms with Crippen LogP contribution in [0, 0.1) is 5.82 Å². The maximum absolute atomic E-state index is 13.9. The van der Waals surface area contributed by atoms with Crippen molar-refractivity contribution >= 4 is 29.8 Å². The van der Waals surface area contributed by atoms with Gasteiger partial charge in [0.1, 0.15) is 17.3 Å². The maximum atomic E-state index is 13.9. The van der Waals surface area contributed by atoms with Crippen molar-refractivity contribution in [3.05, 3.63) is 118 Å². The molecular formula is C33H32F4N4O4S. The Morgan fingerprint density at radius 1 is 1.11 bits per heavy atom. The summed E-state index contributed by atoms with van der Waals surface area (Å²) in [5, 5.41) is 12.3. The van der Waals surface area contributed by atoms with E-state index in [-0.39, 0.29) is 35.8 Å². The average Bonchev–Trinajstić information content (AvgIpc) is 3.42. The second-order valence-electron chi connectivity index (χ2n) is 10.1. The van der Waals surface area contributed by atoms with Crippen molar-refractivity contribution in [1.82, 2.24) is 20.3 Å². The van der Waals surface area contributed by atoms with E-state index >= 15 is 0 Å². The molecule has 2 unspecified atom stereocenters. The van der Waals surface area contributed by atoms with Gasteiger partial charge in [-0.05, 0) is 61.4 Å². The molecule has 2 heterocycles. The van der Waals surface area contributed by atoms with Crippen LogP contribution in [0.25, 0.3) is 17.4 Å². The van der Waals surface area contributed by atoms with Gasteiger partial charge in [-0.25, -0.2) is 4.39 Å². The number of carbonyl (C=O) groups is 2. The largest absolute Gasteiger partial charge is 0.455 e. The molecule has 242 valence electrons. The van der Waals surface area contributed by atoms with Gasteiger partial charge in [0.05, 0.1) is 5.56 Å². The fraction of sp³-hybridized carbons (Fsp3) is 0.242. The van der Waals surface area contributed by atoms with Crippen molar-refractivity contribution in [2.45, 2.75) is 31.5 Å². The van der Waals surface area contributed by atoms with E-state index in [1.165, 1.54) is 73.7 Å². The zero-order valence-electron chi connectivity index (χ0n) is 25.1. The average molecular weight is 657 g/mol. The summed E-state index contributed by atoms with van der Waals surface area (Å²) in [4.78, 5) is 29.9. The summed E-state index contributed by atoms with van der Waals surface area (Å²) in [5.74, 6) is -1.39. The fourth-order valence-corrected chi connectivity index (χ4v) is 5.49. The molecule has 0 spiro atoms. The molecule has 4 aromatic rings. The minimum absolute atomic E-state index is 0.0376. The standard InChI is InChI=1S/C31H26F4N4O3S.C2H6O/c1-36-30(41)26-23-14-22(24(39-43-2)15-25(23)42-27(26)17-8-10-21(32)11-9-17)18-5-3-6-19(13-18)29(40)38-28(31(33,34)35)20-7-4-12-37-16-20;1-2-3/h3-13,15-16,22,28,39H,14H2,1-2H3,(H,36,41)(H,38,40);3H,2H2,1H3. The number of hydrogen-bond donors (Lipinski definition) is 4. The highest BCUT2D eigenvalue weighted by molar-refractivity contribution is 7.96. The number of fused-ring (bicyclic) bond motifs is 1. The van der Waals surface area contributed by atoms with Crippen LogP contribution in [0.2, 0.25) is 0 Å². The minimum atomic E-state index is -4.74. The van der Waals surface area contributed by atoms with Gasteiger partial charge in [0.2, 0.25) is 0 Å².